The summed E-state index contributed by atoms with van der Waals surface area (Å²) in [5.41, 5.74) is -0.765. The van der Waals surface area contributed by atoms with Crippen molar-refractivity contribution in [2.24, 2.45) is 0 Å². The third kappa shape index (κ3) is 3.32. The van der Waals surface area contributed by atoms with Crippen LogP contribution in [0.1, 0.15) is 5.56 Å². The van der Waals surface area contributed by atoms with Gasteiger partial charge in [-0.3, -0.25) is 0 Å². The highest BCUT2D eigenvalue weighted by atomic mass is 127. The molecule has 1 rings (SSSR count). The summed E-state index contributed by atoms with van der Waals surface area (Å²) in [4.78, 5) is 3.54. The second-order valence-electron chi connectivity index (χ2n) is 2.42. The predicted molar refractivity (Wildman–Crippen MR) is 53.6 cm³/mol. The van der Waals surface area contributed by atoms with E-state index < -0.39 is 11.7 Å². The molecule has 0 N–H and O–H groups in total. The van der Waals surface area contributed by atoms with Crippen LogP contribution < -0.4 is 4.74 Å². The van der Waals surface area contributed by atoms with Gasteiger partial charge in [0, 0.05) is 16.7 Å². The van der Waals surface area contributed by atoms with Gasteiger partial charge in [0.25, 0.3) is 0 Å². The Morgan fingerprint density at radius 3 is 2.50 bits per heavy atom. The average molecular weight is 317 g/mol. The SMILES string of the molecule is FC(F)(F)c1ccc(OCCI)nc1. The summed E-state index contributed by atoms with van der Waals surface area (Å²) in [7, 11) is 0. The molecule has 0 aromatic carbocycles. The maximum Gasteiger partial charge on any atom is 0.417 e. The largest absolute Gasteiger partial charge is 0.477 e. The van der Waals surface area contributed by atoms with E-state index >= 15 is 0 Å². The van der Waals surface area contributed by atoms with Gasteiger partial charge in [0.1, 0.15) is 0 Å². The lowest BCUT2D eigenvalue weighted by atomic mass is 10.3. The van der Waals surface area contributed by atoms with E-state index in [9.17, 15) is 13.2 Å². The van der Waals surface area contributed by atoms with Crippen LogP contribution in [0.2, 0.25) is 0 Å². The van der Waals surface area contributed by atoms with E-state index in [0.29, 0.717) is 6.61 Å². The molecular weight excluding hydrogens is 310 g/mol. The molecule has 0 aliphatic heterocycles. The zero-order valence-corrected chi connectivity index (χ0v) is 9.17. The molecule has 78 valence electrons. The number of aromatic nitrogens is 1. The second kappa shape index (κ2) is 4.81. The summed E-state index contributed by atoms with van der Waals surface area (Å²) in [5, 5.41) is 0. The molecule has 0 aliphatic rings. The summed E-state index contributed by atoms with van der Waals surface area (Å²) in [6.45, 7) is 0.443. The normalized spacial score (nSPS) is 11.4. The van der Waals surface area contributed by atoms with Crippen LogP contribution in [0.15, 0.2) is 18.3 Å². The van der Waals surface area contributed by atoms with E-state index in [-0.39, 0.29) is 5.88 Å². The quantitative estimate of drug-likeness (QED) is 0.632. The van der Waals surface area contributed by atoms with Gasteiger partial charge in [-0.1, -0.05) is 22.6 Å². The summed E-state index contributed by atoms with van der Waals surface area (Å²) in [5.74, 6) is 0.217. The number of pyridine rings is 1. The van der Waals surface area contributed by atoms with Crippen LogP contribution in [0, 0.1) is 0 Å². The van der Waals surface area contributed by atoms with Crippen molar-refractivity contribution in [1.82, 2.24) is 4.98 Å². The molecule has 0 aliphatic carbocycles. The standard InChI is InChI=1S/C8H7F3INO/c9-8(10,11)6-1-2-7(13-5-6)14-4-3-12/h1-2,5H,3-4H2. The minimum absolute atomic E-state index is 0.217. The summed E-state index contributed by atoms with van der Waals surface area (Å²) in [6, 6.07) is 2.17. The first-order chi connectivity index (χ1) is 6.54. The number of hydrogen-bond acceptors (Lipinski definition) is 2. The molecule has 2 nitrogen and oxygen atoms in total. The first kappa shape index (κ1) is 11.5. The Morgan fingerprint density at radius 2 is 2.07 bits per heavy atom. The van der Waals surface area contributed by atoms with Gasteiger partial charge >= 0.3 is 6.18 Å². The van der Waals surface area contributed by atoms with Gasteiger partial charge in [0.05, 0.1) is 12.2 Å². The van der Waals surface area contributed by atoms with E-state index in [0.717, 1.165) is 16.7 Å². The Morgan fingerprint density at radius 1 is 1.36 bits per heavy atom. The number of nitrogens with zero attached hydrogens (tertiary/aromatic N) is 1. The molecular formula is C8H7F3INO. The lowest BCUT2D eigenvalue weighted by Crippen LogP contribution is -2.06. The number of hydrogen-bond donors (Lipinski definition) is 0. The third-order valence-corrected chi connectivity index (χ3v) is 1.83. The fourth-order valence-electron chi connectivity index (χ4n) is 0.777. The number of halogens is 4. The van der Waals surface area contributed by atoms with Gasteiger partial charge < -0.3 is 4.74 Å². The van der Waals surface area contributed by atoms with E-state index in [1.54, 1.807) is 0 Å². The minimum Gasteiger partial charge on any atom is -0.477 e. The maximum absolute atomic E-state index is 12.1. The Balaban J connectivity index is 2.69. The predicted octanol–water partition coefficient (Wildman–Crippen LogP) is 2.91. The van der Waals surface area contributed by atoms with Gasteiger partial charge in [-0.25, -0.2) is 4.98 Å². The molecule has 0 fully saturated rings. The molecule has 0 bridgehead atoms. The molecule has 1 heterocycles. The van der Waals surface area contributed by atoms with E-state index in [4.69, 9.17) is 4.74 Å². The molecule has 0 radical (unpaired) electrons. The van der Waals surface area contributed by atoms with E-state index in [1.165, 1.54) is 6.07 Å². The number of ether oxygens (including phenoxy) is 1. The van der Waals surface area contributed by atoms with E-state index in [1.807, 2.05) is 0 Å². The monoisotopic (exact) mass is 317 g/mol. The Bertz CT molecular complexity index is 286. The Labute approximate surface area is 92.6 Å². The lowest BCUT2D eigenvalue weighted by molar-refractivity contribution is -0.137. The van der Waals surface area contributed by atoms with Gasteiger partial charge in [0.2, 0.25) is 5.88 Å². The van der Waals surface area contributed by atoms with Crippen molar-refractivity contribution in [3.8, 4) is 5.88 Å². The van der Waals surface area contributed by atoms with Gasteiger partial charge in [-0.2, -0.15) is 13.2 Å². The number of alkyl halides is 4. The third-order valence-electron chi connectivity index (χ3n) is 1.39. The van der Waals surface area contributed by atoms with Crippen LogP contribution in [0.3, 0.4) is 0 Å². The highest BCUT2D eigenvalue weighted by Gasteiger charge is 2.30. The highest BCUT2D eigenvalue weighted by Crippen LogP contribution is 2.29. The molecule has 0 spiro atoms. The summed E-state index contributed by atoms with van der Waals surface area (Å²) >= 11 is 2.10. The average Bonchev–Trinajstić information content (AvgIpc) is 2.14. The van der Waals surface area contributed by atoms with Crippen molar-refractivity contribution in [3.05, 3.63) is 23.9 Å². The van der Waals surface area contributed by atoms with Crippen molar-refractivity contribution < 1.29 is 17.9 Å². The van der Waals surface area contributed by atoms with Gasteiger partial charge in [-0.15, -0.1) is 0 Å². The van der Waals surface area contributed by atoms with Crippen molar-refractivity contribution in [2.45, 2.75) is 6.18 Å². The molecule has 1 aromatic rings. The smallest absolute Gasteiger partial charge is 0.417 e. The molecule has 0 saturated carbocycles. The van der Waals surface area contributed by atoms with Crippen LogP contribution in [0.5, 0.6) is 5.88 Å². The number of rotatable bonds is 3. The highest BCUT2D eigenvalue weighted by molar-refractivity contribution is 14.1. The molecule has 6 heteroatoms. The van der Waals surface area contributed by atoms with Crippen LogP contribution in [0.4, 0.5) is 13.2 Å². The first-order valence-corrected chi connectivity index (χ1v) is 5.28. The van der Waals surface area contributed by atoms with Crippen LogP contribution >= 0.6 is 22.6 Å². The minimum atomic E-state index is -4.34. The van der Waals surface area contributed by atoms with Crippen LogP contribution in [-0.4, -0.2) is 16.0 Å². The molecule has 0 atom stereocenters. The molecule has 0 saturated heterocycles. The fourth-order valence-corrected chi connectivity index (χ4v) is 0.997. The Hall–Kier alpha value is -0.530. The summed E-state index contributed by atoms with van der Waals surface area (Å²) < 4.78 is 42.1. The second-order valence-corrected chi connectivity index (χ2v) is 3.50. The molecule has 1 aromatic heterocycles. The van der Waals surface area contributed by atoms with Gasteiger partial charge in [-0.05, 0) is 6.07 Å². The zero-order chi connectivity index (χ0) is 10.6. The molecule has 14 heavy (non-hydrogen) atoms. The fraction of sp³-hybridized carbons (Fsp3) is 0.375. The van der Waals surface area contributed by atoms with Crippen molar-refractivity contribution in [1.29, 1.82) is 0 Å². The summed E-state index contributed by atoms with van der Waals surface area (Å²) in [6.07, 6.45) is -3.57. The van der Waals surface area contributed by atoms with Crippen molar-refractivity contribution >= 4 is 22.6 Å². The van der Waals surface area contributed by atoms with Gasteiger partial charge in [0.15, 0.2) is 0 Å². The molecule has 0 unspecified atom stereocenters. The van der Waals surface area contributed by atoms with Crippen LogP contribution in [-0.2, 0) is 6.18 Å². The topological polar surface area (TPSA) is 22.1 Å². The first-order valence-electron chi connectivity index (χ1n) is 3.76. The van der Waals surface area contributed by atoms with Crippen molar-refractivity contribution in [2.75, 3.05) is 11.0 Å². The zero-order valence-electron chi connectivity index (χ0n) is 7.01. The molecule has 0 amide bonds. The van der Waals surface area contributed by atoms with Crippen LogP contribution in [0.25, 0.3) is 0 Å². The van der Waals surface area contributed by atoms with Crippen molar-refractivity contribution in [3.63, 3.8) is 0 Å². The lowest BCUT2D eigenvalue weighted by Gasteiger charge is -2.07. The maximum atomic E-state index is 12.1. The Kier molecular flexibility index (Phi) is 3.97. The van der Waals surface area contributed by atoms with E-state index in [2.05, 4.69) is 27.6 Å².